The van der Waals surface area contributed by atoms with Crippen molar-refractivity contribution < 1.29 is 18.6 Å². The SMILES string of the molecule is O=S(=O)(c1ccc(Cl)cc1CO)c1ccc(Cl)cc1CO. The molecule has 2 aromatic rings. The van der Waals surface area contributed by atoms with Crippen molar-refractivity contribution in [1.82, 2.24) is 0 Å². The third-order valence-corrected chi connectivity index (χ3v) is 5.39. The standard InChI is InChI=1S/C14H12Cl2O4S/c15-11-1-3-13(9(5-11)7-17)21(19,20)14-4-2-12(16)6-10(14)8-18/h1-6,17-18H,7-8H2. The maximum Gasteiger partial charge on any atom is 0.207 e. The molecule has 0 saturated heterocycles. The van der Waals surface area contributed by atoms with Crippen LogP contribution in [0.1, 0.15) is 11.1 Å². The molecular formula is C14H12Cl2O4S. The highest BCUT2D eigenvalue weighted by molar-refractivity contribution is 7.91. The van der Waals surface area contributed by atoms with Gasteiger partial charge in [0.25, 0.3) is 0 Å². The normalized spacial score (nSPS) is 11.6. The predicted octanol–water partition coefficient (Wildman–Crippen LogP) is 2.81. The van der Waals surface area contributed by atoms with Crippen molar-refractivity contribution >= 4 is 33.0 Å². The Kier molecular flexibility index (Phi) is 4.91. The van der Waals surface area contributed by atoms with Gasteiger partial charge in [-0.25, -0.2) is 8.42 Å². The summed E-state index contributed by atoms with van der Waals surface area (Å²) < 4.78 is 25.4. The van der Waals surface area contributed by atoms with Gasteiger partial charge in [-0.15, -0.1) is 0 Å². The van der Waals surface area contributed by atoms with E-state index >= 15 is 0 Å². The molecule has 0 fully saturated rings. The minimum Gasteiger partial charge on any atom is -0.392 e. The highest BCUT2D eigenvalue weighted by Crippen LogP contribution is 2.30. The number of aliphatic hydroxyl groups is 2. The number of hydrogen-bond donors (Lipinski definition) is 2. The molecule has 0 amide bonds. The van der Waals surface area contributed by atoms with Crippen molar-refractivity contribution in [2.24, 2.45) is 0 Å². The van der Waals surface area contributed by atoms with E-state index in [2.05, 4.69) is 0 Å². The Morgan fingerprint density at radius 2 is 1.19 bits per heavy atom. The van der Waals surface area contributed by atoms with Gasteiger partial charge in [0.05, 0.1) is 23.0 Å². The van der Waals surface area contributed by atoms with E-state index in [1.165, 1.54) is 36.4 Å². The summed E-state index contributed by atoms with van der Waals surface area (Å²) in [5, 5.41) is 19.3. The number of halogens is 2. The molecule has 0 saturated carbocycles. The Morgan fingerprint density at radius 3 is 1.52 bits per heavy atom. The third-order valence-electron chi connectivity index (χ3n) is 2.96. The van der Waals surface area contributed by atoms with E-state index in [1.807, 2.05) is 0 Å². The molecule has 0 bridgehead atoms. The van der Waals surface area contributed by atoms with E-state index in [0.29, 0.717) is 10.0 Å². The van der Waals surface area contributed by atoms with Gasteiger partial charge in [0, 0.05) is 10.0 Å². The fourth-order valence-corrected chi connectivity index (χ4v) is 4.04. The summed E-state index contributed by atoms with van der Waals surface area (Å²) in [5.74, 6) is 0. The van der Waals surface area contributed by atoms with Gasteiger partial charge in [-0.05, 0) is 47.5 Å². The van der Waals surface area contributed by atoms with Crippen LogP contribution in [-0.2, 0) is 23.1 Å². The van der Waals surface area contributed by atoms with Gasteiger partial charge < -0.3 is 10.2 Å². The Balaban J connectivity index is 2.68. The maximum atomic E-state index is 12.7. The second kappa shape index (κ2) is 6.34. The van der Waals surface area contributed by atoms with Crippen LogP contribution in [-0.4, -0.2) is 18.6 Å². The Bertz CT molecular complexity index is 713. The average Bonchev–Trinajstić information content (AvgIpc) is 2.46. The predicted molar refractivity (Wildman–Crippen MR) is 80.2 cm³/mol. The number of sulfone groups is 1. The number of benzene rings is 2. The molecule has 4 nitrogen and oxygen atoms in total. The zero-order valence-electron chi connectivity index (χ0n) is 10.8. The van der Waals surface area contributed by atoms with Crippen molar-refractivity contribution in [3.63, 3.8) is 0 Å². The highest BCUT2D eigenvalue weighted by atomic mass is 35.5. The molecule has 0 unspecified atom stereocenters. The molecule has 0 heterocycles. The zero-order chi connectivity index (χ0) is 15.6. The average molecular weight is 347 g/mol. The lowest BCUT2D eigenvalue weighted by atomic mass is 10.2. The minimum atomic E-state index is -3.90. The summed E-state index contributed by atoms with van der Waals surface area (Å²) in [6, 6.07) is 8.31. The summed E-state index contributed by atoms with van der Waals surface area (Å²) >= 11 is 11.6. The van der Waals surface area contributed by atoms with Crippen molar-refractivity contribution in [2.75, 3.05) is 0 Å². The minimum absolute atomic E-state index is 0.0496. The molecule has 2 N–H and O–H groups in total. The van der Waals surface area contributed by atoms with Crippen molar-refractivity contribution in [3.05, 3.63) is 57.6 Å². The zero-order valence-corrected chi connectivity index (χ0v) is 13.1. The third kappa shape index (κ3) is 3.22. The van der Waals surface area contributed by atoms with Crippen LogP contribution >= 0.6 is 23.2 Å². The van der Waals surface area contributed by atoms with Crippen molar-refractivity contribution in [3.8, 4) is 0 Å². The maximum absolute atomic E-state index is 12.7. The smallest absolute Gasteiger partial charge is 0.207 e. The van der Waals surface area contributed by atoms with Crippen LogP contribution in [0.4, 0.5) is 0 Å². The lowest BCUT2D eigenvalue weighted by molar-refractivity contribution is 0.277. The Hall–Kier alpha value is -1.11. The van der Waals surface area contributed by atoms with Gasteiger partial charge in [0.1, 0.15) is 0 Å². The fraction of sp³-hybridized carbons (Fsp3) is 0.143. The van der Waals surface area contributed by atoms with Gasteiger partial charge in [0.2, 0.25) is 9.84 Å². The quantitative estimate of drug-likeness (QED) is 0.892. The first-order chi connectivity index (χ1) is 9.90. The highest BCUT2D eigenvalue weighted by Gasteiger charge is 2.24. The van der Waals surface area contributed by atoms with Gasteiger partial charge in [-0.1, -0.05) is 23.2 Å². The van der Waals surface area contributed by atoms with Gasteiger partial charge in [-0.3, -0.25) is 0 Å². The van der Waals surface area contributed by atoms with Crippen LogP contribution in [0.2, 0.25) is 10.0 Å². The first kappa shape index (κ1) is 16.3. The van der Waals surface area contributed by atoms with Crippen LogP contribution in [0.25, 0.3) is 0 Å². The topological polar surface area (TPSA) is 74.6 Å². The van der Waals surface area contributed by atoms with E-state index in [9.17, 15) is 18.6 Å². The second-order valence-corrected chi connectivity index (χ2v) is 7.08. The molecule has 0 atom stereocenters. The number of rotatable bonds is 4. The molecule has 0 spiro atoms. The first-order valence-corrected chi connectivity index (χ1v) is 8.17. The van der Waals surface area contributed by atoms with E-state index < -0.39 is 23.1 Å². The molecule has 2 aromatic carbocycles. The molecule has 2 rings (SSSR count). The van der Waals surface area contributed by atoms with Gasteiger partial charge >= 0.3 is 0 Å². The van der Waals surface area contributed by atoms with Crippen LogP contribution in [0.15, 0.2) is 46.2 Å². The van der Waals surface area contributed by atoms with Crippen molar-refractivity contribution in [2.45, 2.75) is 23.0 Å². The molecule has 0 aliphatic heterocycles. The largest absolute Gasteiger partial charge is 0.392 e. The van der Waals surface area contributed by atoms with E-state index in [1.54, 1.807) is 0 Å². The fourth-order valence-electron chi connectivity index (χ4n) is 1.99. The van der Waals surface area contributed by atoms with Crippen LogP contribution in [0.5, 0.6) is 0 Å². The summed E-state index contributed by atoms with van der Waals surface area (Å²) in [7, 11) is -3.90. The van der Waals surface area contributed by atoms with E-state index in [0.717, 1.165) is 0 Å². The lowest BCUT2D eigenvalue weighted by Crippen LogP contribution is -2.09. The van der Waals surface area contributed by atoms with Gasteiger partial charge in [0.15, 0.2) is 0 Å². The van der Waals surface area contributed by atoms with Crippen LogP contribution in [0, 0.1) is 0 Å². The Labute approximate surface area is 132 Å². The molecule has 0 aromatic heterocycles. The molecule has 112 valence electrons. The molecular weight excluding hydrogens is 335 g/mol. The summed E-state index contributed by atoms with van der Waals surface area (Å²) in [5.41, 5.74) is 0.391. The summed E-state index contributed by atoms with van der Waals surface area (Å²) in [4.78, 5) is -0.0992. The van der Waals surface area contributed by atoms with Crippen molar-refractivity contribution in [1.29, 1.82) is 0 Å². The molecule has 21 heavy (non-hydrogen) atoms. The molecule has 0 aliphatic rings. The number of aliphatic hydroxyl groups excluding tert-OH is 2. The van der Waals surface area contributed by atoms with Crippen LogP contribution in [0.3, 0.4) is 0 Å². The lowest BCUT2D eigenvalue weighted by Gasteiger charge is -2.12. The first-order valence-electron chi connectivity index (χ1n) is 5.94. The second-order valence-electron chi connectivity index (χ2n) is 4.32. The van der Waals surface area contributed by atoms with Gasteiger partial charge in [-0.2, -0.15) is 0 Å². The van der Waals surface area contributed by atoms with Crippen LogP contribution < -0.4 is 0 Å². The molecule has 7 heteroatoms. The monoisotopic (exact) mass is 346 g/mol. The summed E-state index contributed by atoms with van der Waals surface area (Å²) in [6.07, 6.45) is 0. The van der Waals surface area contributed by atoms with E-state index in [4.69, 9.17) is 23.2 Å². The molecule has 0 radical (unpaired) electrons. The Morgan fingerprint density at radius 1 is 0.810 bits per heavy atom. The number of hydrogen-bond acceptors (Lipinski definition) is 4. The summed E-state index contributed by atoms with van der Waals surface area (Å²) in [6.45, 7) is -0.922. The van der Waals surface area contributed by atoms with E-state index in [-0.39, 0.29) is 20.9 Å². The molecule has 0 aliphatic carbocycles.